The van der Waals surface area contributed by atoms with Crippen molar-refractivity contribution in [1.82, 2.24) is 25.3 Å². The topological polar surface area (TPSA) is 83.6 Å². The van der Waals surface area contributed by atoms with Crippen molar-refractivity contribution in [2.24, 2.45) is 0 Å². The van der Waals surface area contributed by atoms with Gasteiger partial charge >= 0.3 is 0 Å². The number of fused-ring (bicyclic) bond motifs is 1. The van der Waals surface area contributed by atoms with Crippen LogP contribution in [0.1, 0.15) is 16.2 Å². The van der Waals surface area contributed by atoms with E-state index in [0.717, 1.165) is 5.82 Å². The van der Waals surface area contributed by atoms with E-state index in [1.54, 1.807) is 42.7 Å². The lowest BCUT2D eigenvalue weighted by Gasteiger charge is -2.08. The molecule has 2 aromatic carbocycles. The van der Waals surface area contributed by atoms with Gasteiger partial charge in [-0.2, -0.15) is 0 Å². The van der Waals surface area contributed by atoms with Crippen molar-refractivity contribution in [3.8, 4) is 11.3 Å². The fourth-order valence-corrected chi connectivity index (χ4v) is 3.04. The summed E-state index contributed by atoms with van der Waals surface area (Å²) in [6.07, 6.45) is 4.02. The van der Waals surface area contributed by atoms with Crippen molar-refractivity contribution < 1.29 is 9.18 Å². The molecule has 0 saturated heterocycles. The van der Waals surface area contributed by atoms with Crippen LogP contribution in [-0.4, -0.2) is 32.4 Å². The Kier molecular flexibility index (Phi) is 4.99. The van der Waals surface area contributed by atoms with Crippen LogP contribution < -0.4 is 5.32 Å². The van der Waals surface area contributed by atoms with Gasteiger partial charge in [-0.1, -0.05) is 11.6 Å². The lowest BCUT2D eigenvalue weighted by molar-refractivity contribution is 0.0954. The van der Waals surface area contributed by atoms with E-state index in [1.165, 1.54) is 12.1 Å². The zero-order valence-corrected chi connectivity index (χ0v) is 15.4. The summed E-state index contributed by atoms with van der Waals surface area (Å²) < 4.78 is 13.2. The maximum Gasteiger partial charge on any atom is 0.251 e. The molecule has 6 nitrogen and oxygen atoms in total. The highest BCUT2D eigenvalue weighted by Crippen LogP contribution is 2.27. The highest BCUT2D eigenvalue weighted by Gasteiger charge is 2.12. The molecule has 0 aliphatic heterocycles. The number of carbonyl (C=O) groups excluding carboxylic acids is 1. The van der Waals surface area contributed by atoms with E-state index in [1.807, 2.05) is 0 Å². The minimum atomic E-state index is -0.345. The number of hydrogen-bond donors (Lipinski definition) is 2. The molecule has 4 aromatic rings. The summed E-state index contributed by atoms with van der Waals surface area (Å²) in [4.78, 5) is 28.4. The Balaban J connectivity index is 1.57. The number of aromatic nitrogens is 4. The number of halogens is 2. The number of carbonyl (C=O) groups is 1. The van der Waals surface area contributed by atoms with Gasteiger partial charge in [0.05, 0.1) is 11.0 Å². The van der Waals surface area contributed by atoms with Gasteiger partial charge in [0, 0.05) is 36.5 Å². The average molecular weight is 396 g/mol. The summed E-state index contributed by atoms with van der Waals surface area (Å²) in [6.45, 7) is 0.456. The normalized spacial score (nSPS) is 10.9. The molecule has 140 valence electrons. The lowest BCUT2D eigenvalue weighted by Crippen LogP contribution is -2.25. The van der Waals surface area contributed by atoms with E-state index < -0.39 is 0 Å². The van der Waals surface area contributed by atoms with Gasteiger partial charge in [0.25, 0.3) is 5.91 Å². The molecule has 28 heavy (non-hydrogen) atoms. The molecule has 8 heteroatoms. The molecule has 4 rings (SSSR count). The van der Waals surface area contributed by atoms with Crippen molar-refractivity contribution >= 4 is 28.5 Å². The van der Waals surface area contributed by atoms with E-state index in [4.69, 9.17) is 11.6 Å². The van der Waals surface area contributed by atoms with Crippen molar-refractivity contribution in [3.63, 3.8) is 0 Å². The molecule has 0 atom stereocenters. The first-order valence-corrected chi connectivity index (χ1v) is 8.97. The summed E-state index contributed by atoms with van der Waals surface area (Å²) in [6, 6.07) is 10.9. The second kappa shape index (κ2) is 7.74. The third-order valence-corrected chi connectivity index (χ3v) is 4.47. The molecule has 0 bridgehead atoms. The quantitative estimate of drug-likeness (QED) is 0.538. The molecule has 2 N–H and O–H groups in total. The van der Waals surface area contributed by atoms with Gasteiger partial charge in [-0.05, 0) is 42.5 Å². The van der Waals surface area contributed by atoms with Crippen LogP contribution in [0.25, 0.3) is 22.3 Å². The van der Waals surface area contributed by atoms with Crippen molar-refractivity contribution in [1.29, 1.82) is 0 Å². The Morgan fingerprint density at radius 3 is 2.68 bits per heavy atom. The predicted molar refractivity (Wildman–Crippen MR) is 105 cm³/mol. The molecule has 0 saturated carbocycles. The maximum absolute atomic E-state index is 13.2. The number of amides is 1. The molecular weight excluding hydrogens is 381 g/mol. The van der Waals surface area contributed by atoms with Gasteiger partial charge in [0.1, 0.15) is 17.3 Å². The van der Waals surface area contributed by atoms with Gasteiger partial charge in [0.2, 0.25) is 0 Å². The highest BCUT2D eigenvalue weighted by atomic mass is 35.5. The fourth-order valence-electron chi connectivity index (χ4n) is 2.80. The number of benzene rings is 2. The second-order valence-corrected chi connectivity index (χ2v) is 6.47. The van der Waals surface area contributed by atoms with E-state index >= 15 is 0 Å². The molecule has 0 aliphatic rings. The summed E-state index contributed by atoms with van der Waals surface area (Å²) in [5.41, 5.74) is 2.65. The standard InChI is InChI=1S/C20H15ClFN5O/c21-19-18(12-1-4-14(22)5-2-12)26-16-11-13(3-6-15(16)27-19)20(28)25-8-7-17-23-9-10-24-17/h1-6,9-11H,7-8H2,(H,23,24)(H,25,28). The first-order chi connectivity index (χ1) is 13.6. The first-order valence-electron chi connectivity index (χ1n) is 8.60. The number of nitrogens with one attached hydrogen (secondary N) is 2. The third kappa shape index (κ3) is 3.84. The third-order valence-electron chi connectivity index (χ3n) is 4.20. The molecule has 0 fully saturated rings. The smallest absolute Gasteiger partial charge is 0.251 e. The van der Waals surface area contributed by atoms with E-state index in [-0.39, 0.29) is 16.9 Å². The number of rotatable bonds is 5. The van der Waals surface area contributed by atoms with E-state index in [2.05, 4.69) is 25.3 Å². The first kappa shape index (κ1) is 18.1. The average Bonchev–Trinajstić information content (AvgIpc) is 3.21. The molecule has 0 spiro atoms. The Morgan fingerprint density at radius 2 is 1.93 bits per heavy atom. The van der Waals surface area contributed by atoms with Crippen molar-refractivity contribution in [3.05, 3.63) is 77.2 Å². The summed E-state index contributed by atoms with van der Waals surface area (Å²) in [5.74, 6) is 0.249. The zero-order valence-electron chi connectivity index (χ0n) is 14.6. The zero-order chi connectivity index (χ0) is 19.5. The second-order valence-electron chi connectivity index (χ2n) is 6.12. The molecule has 2 heterocycles. The fraction of sp³-hybridized carbons (Fsp3) is 0.100. The van der Waals surface area contributed by atoms with Crippen LogP contribution in [0.4, 0.5) is 4.39 Å². The van der Waals surface area contributed by atoms with E-state index in [9.17, 15) is 9.18 Å². The van der Waals surface area contributed by atoms with Gasteiger partial charge in [-0.25, -0.2) is 19.3 Å². The van der Waals surface area contributed by atoms with Crippen LogP contribution in [-0.2, 0) is 6.42 Å². The SMILES string of the molecule is O=C(NCCc1ncc[nH]1)c1ccc2nc(Cl)c(-c3ccc(F)cc3)nc2c1. The maximum atomic E-state index is 13.2. The van der Waals surface area contributed by atoms with Crippen LogP contribution in [0.2, 0.25) is 5.15 Å². The Bertz CT molecular complexity index is 1130. The molecular formula is C20H15ClFN5O. The van der Waals surface area contributed by atoms with Crippen LogP contribution in [0.5, 0.6) is 0 Å². The van der Waals surface area contributed by atoms with Gasteiger partial charge in [-0.3, -0.25) is 4.79 Å². The van der Waals surface area contributed by atoms with Crippen LogP contribution in [0, 0.1) is 5.82 Å². The van der Waals surface area contributed by atoms with Crippen LogP contribution in [0.15, 0.2) is 54.9 Å². The minimum Gasteiger partial charge on any atom is -0.352 e. The summed E-state index contributed by atoms with van der Waals surface area (Å²) in [5, 5.41) is 3.07. The van der Waals surface area contributed by atoms with Crippen molar-refractivity contribution in [2.75, 3.05) is 6.54 Å². The Labute approximate surface area is 164 Å². The van der Waals surface area contributed by atoms with Gasteiger partial charge in [0.15, 0.2) is 5.15 Å². The summed E-state index contributed by atoms with van der Waals surface area (Å²) >= 11 is 6.24. The highest BCUT2D eigenvalue weighted by molar-refractivity contribution is 6.32. The minimum absolute atomic E-state index is 0.214. The number of hydrogen-bond acceptors (Lipinski definition) is 4. The lowest BCUT2D eigenvalue weighted by atomic mass is 10.1. The van der Waals surface area contributed by atoms with Crippen LogP contribution >= 0.6 is 11.6 Å². The monoisotopic (exact) mass is 395 g/mol. The Morgan fingerprint density at radius 1 is 1.11 bits per heavy atom. The predicted octanol–water partition coefficient (Wildman–Crippen LogP) is 3.78. The van der Waals surface area contributed by atoms with Gasteiger partial charge < -0.3 is 10.3 Å². The molecule has 0 aliphatic carbocycles. The van der Waals surface area contributed by atoms with Crippen molar-refractivity contribution in [2.45, 2.75) is 6.42 Å². The molecule has 0 unspecified atom stereocenters. The number of aromatic amines is 1. The Hall–Kier alpha value is -3.32. The molecule has 1 amide bonds. The van der Waals surface area contributed by atoms with Gasteiger partial charge in [-0.15, -0.1) is 0 Å². The summed E-state index contributed by atoms with van der Waals surface area (Å²) in [7, 11) is 0. The molecule has 0 radical (unpaired) electrons. The largest absolute Gasteiger partial charge is 0.352 e. The van der Waals surface area contributed by atoms with Crippen LogP contribution in [0.3, 0.4) is 0 Å². The molecule has 2 aromatic heterocycles. The number of H-pyrrole nitrogens is 1. The number of nitrogens with zero attached hydrogens (tertiary/aromatic N) is 3. The van der Waals surface area contributed by atoms with E-state index in [0.29, 0.717) is 40.8 Å². The number of imidazole rings is 1.